The van der Waals surface area contributed by atoms with Gasteiger partial charge in [0.05, 0.1) is 24.9 Å². The molecule has 0 atom stereocenters. The molecule has 1 fully saturated rings. The summed E-state index contributed by atoms with van der Waals surface area (Å²) in [5.74, 6) is 0.366. The van der Waals surface area contributed by atoms with Gasteiger partial charge in [-0.1, -0.05) is 41.9 Å². The number of rotatable bonds is 7. The molecule has 1 aliphatic heterocycles. The molecule has 1 aliphatic rings. The van der Waals surface area contributed by atoms with Crippen molar-refractivity contribution in [1.29, 1.82) is 0 Å². The third-order valence-electron chi connectivity index (χ3n) is 5.15. The number of halogens is 1. The van der Waals surface area contributed by atoms with Gasteiger partial charge in [0.2, 0.25) is 15.9 Å². The van der Waals surface area contributed by atoms with E-state index in [1.54, 1.807) is 18.2 Å². The lowest BCUT2D eigenvalue weighted by Crippen LogP contribution is -2.40. The van der Waals surface area contributed by atoms with Crippen molar-refractivity contribution in [1.82, 2.24) is 4.31 Å². The highest BCUT2D eigenvalue weighted by Crippen LogP contribution is 2.36. The smallest absolute Gasteiger partial charge is 0.236 e. The first-order valence-corrected chi connectivity index (χ1v) is 11.7. The molecule has 2 aromatic rings. The van der Waals surface area contributed by atoms with Crippen molar-refractivity contribution >= 4 is 39.3 Å². The Bertz CT molecular complexity index is 1050. The number of carbonyl (C=O) groups excluding carboxylic acids is 1. The molecule has 1 N–H and O–H groups in total. The normalized spacial score (nSPS) is 15.7. The molecule has 166 valence electrons. The van der Waals surface area contributed by atoms with Crippen molar-refractivity contribution < 1.29 is 22.7 Å². The van der Waals surface area contributed by atoms with Crippen LogP contribution >= 0.6 is 11.6 Å². The van der Waals surface area contributed by atoms with Crippen molar-refractivity contribution in [2.75, 3.05) is 32.6 Å². The Balaban J connectivity index is 1.61. The topological polar surface area (TPSA) is 84.9 Å². The maximum absolute atomic E-state index is 12.7. The number of carbonyl (C=O) groups is 1. The van der Waals surface area contributed by atoms with Crippen molar-refractivity contribution in [2.45, 2.75) is 12.8 Å². The van der Waals surface area contributed by atoms with Crippen LogP contribution in [0.5, 0.6) is 11.5 Å². The summed E-state index contributed by atoms with van der Waals surface area (Å²) in [5.41, 5.74) is 1.26. The molecule has 0 saturated carbocycles. The van der Waals surface area contributed by atoms with E-state index in [2.05, 4.69) is 5.32 Å². The molecule has 0 bridgehead atoms. The lowest BCUT2D eigenvalue weighted by molar-refractivity contribution is -0.120. The summed E-state index contributed by atoms with van der Waals surface area (Å²) in [6.45, 7) is 0.556. The average molecular weight is 465 g/mol. The zero-order chi connectivity index (χ0) is 22.4. The summed E-state index contributed by atoms with van der Waals surface area (Å²) in [7, 11) is -0.557. The molecule has 1 amide bonds. The molecule has 31 heavy (non-hydrogen) atoms. The molecule has 0 aromatic heterocycles. The van der Waals surface area contributed by atoms with Gasteiger partial charge in [0.25, 0.3) is 0 Å². The van der Waals surface area contributed by atoms with Crippen LogP contribution < -0.4 is 14.8 Å². The Morgan fingerprint density at radius 1 is 1.10 bits per heavy atom. The van der Waals surface area contributed by atoms with E-state index in [9.17, 15) is 13.2 Å². The Hall–Kier alpha value is -2.55. The van der Waals surface area contributed by atoms with Gasteiger partial charge in [0, 0.05) is 30.5 Å². The number of amides is 1. The Kier molecular flexibility index (Phi) is 7.59. The summed E-state index contributed by atoms with van der Waals surface area (Å²) in [4.78, 5) is 12.7. The number of anilines is 1. The van der Waals surface area contributed by atoms with Gasteiger partial charge < -0.3 is 14.8 Å². The molecular formula is C22H25ClN2O5S. The quantitative estimate of drug-likeness (QED) is 0.669. The zero-order valence-corrected chi connectivity index (χ0v) is 18.9. The van der Waals surface area contributed by atoms with Crippen LogP contribution in [0, 0.1) is 5.92 Å². The first-order valence-electron chi connectivity index (χ1n) is 9.79. The Morgan fingerprint density at radius 2 is 1.74 bits per heavy atom. The lowest BCUT2D eigenvalue weighted by atomic mass is 9.97. The van der Waals surface area contributed by atoms with E-state index < -0.39 is 10.0 Å². The van der Waals surface area contributed by atoms with Crippen molar-refractivity contribution in [3.63, 3.8) is 0 Å². The summed E-state index contributed by atoms with van der Waals surface area (Å²) in [5, 5.41) is 4.40. The molecule has 1 heterocycles. The predicted octanol–water partition coefficient (Wildman–Crippen LogP) is 4.01. The molecule has 1 saturated heterocycles. The third-order valence-corrected chi connectivity index (χ3v) is 7.01. The van der Waals surface area contributed by atoms with Crippen LogP contribution in [0.15, 0.2) is 47.9 Å². The number of ether oxygens (including phenoxy) is 2. The molecule has 0 radical (unpaired) electrons. The van der Waals surface area contributed by atoms with Gasteiger partial charge in [0.1, 0.15) is 11.5 Å². The van der Waals surface area contributed by atoms with Crippen molar-refractivity contribution in [3.05, 3.63) is 58.5 Å². The van der Waals surface area contributed by atoms with Crippen molar-refractivity contribution in [3.8, 4) is 11.5 Å². The van der Waals surface area contributed by atoms with Crippen molar-refractivity contribution in [2.24, 2.45) is 5.92 Å². The average Bonchev–Trinajstić information content (AvgIpc) is 2.79. The second kappa shape index (κ2) is 10.2. The van der Waals surface area contributed by atoms with Gasteiger partial charge in [-0.15, -0.1) is 0 Å². The number of sulfonamides is 1. The molecule has 2 aromatic carbocycles. The van der Waals surface area contributed by atoms with Crippen LogP contribution in [0.1, 0.15) is 18.4 Å². The molecule has 0 aliphatic carbocycles. The van der Waals surface area contributed by atoms with Crippen LogP contribution in [-0.4, -0.2) is 45.9 Å². The molecule has 9 heteroatoms. The second-order valence-corrected chi connectivity index (χ2v) is 9.33. The molecule has 0 unspecified atom stereocenters. The highest BCUT2D eigenvalue weighted by molar-refractivity contribution is 7.92. The number of nitrogens with zero attached hydrogens (tertiary/aromatic N) is 1. The first kappa shape index (κ1) is 23.1. The number of hydrogen-bond acceptors (Lipinski definition) is 5. The highest BCUT2D eigenvalue weighted by Gasteiger charge is 2.30. The van der Waals surface area contributed by atoms with E-state index in [0.717, 1.165) is 5.56 Å². The monoisotopic (exact) mass is 464 g/mol. The number of benzene rings is 2. The largest absolute Gasteiger partial charge is 0.495 e. The minimum atomic E-state index is -3.54. The van der Waals surface area contributed by atoms with E-state index in [4.69, 9.17) is 21.1 Å². The molecule has 0 spiro atoms. The van der Waals surface area contributed by atoms with Crippen LogP contribution in [0.2, 0.25) is 5.02 Å². The number of methoxy groups -OCH3 is 2. The Labute approximate surface area is 187 Å². The third kappa shape index (κ3) is 5.78. The summed E-state index contributed by atoms with van der Waals surface area (Å²) >= 11 is 6.16. The van der Waals surface area contributed by atoms with Gasteiger partial charge >= 0.3 is 0 Å². The standard InChI is InChI=1S/C22H25ClN2O5S/c1-29-20-15-21(30-2)19(14-18(20)23)24-22(26)17-8-11-25(12-9-17)31(27,28)13-10-16-6-4-3-5-7-16/h3-7,10,13-15,17H,8-9,11-12H2,1-2H3,(H,24,26). The van der Waals surface area contributed by atoms with Crippen LogP contribution in [0.4, 0.5) is 5.69 Å². The Morgan fingerprint density at radius 3 is 2.35 bits per heavy atom. The van der Waals surface area contributed by atoms with E-state index >= 15 is 0 Å². The second-order valence-electron chi connectivity index (χ2n) is 7.11. The molecule has 3 rings (SSSR count). The van der Waals surface area contributed by atoms with Gasteiger partial charge in [-0.2, -0.15) is 4.31 Å². The van der Waals surface area contributed by atoms with Gasteiger partial charge in [-0.25, -0.2) is 8.42 Å². The maximum Gasteiger partial charge on any atom is 0.236 e. The van der Waals surface area contributed by atoms with Gasteiger partial charge in [-0.3, -0.25) is 4.79 Å². The minimum Gasteiger partial charge on any atom is -0.495 e. The summed E-state index contributed by atoms with van der Waals surface area (Å²) < 4.78 is 37.1. The summed E-state index contributed by atoms with van der Waals surface area (Å²) in [6.07, 6.45) is 2.43. The van der Waals surface area contributed by atoms with Crippen LogP contribution in [0.3, 0.4) is 0 Å². The SMILES string of the molecule is COc1cc(OC)c(NC(=O)C2CCN(S(=O)(=O)C=Cc3ccccc3)CC2)cc1Cl. The number of hydrogen-bond donors (Lipinski definition) is 1. The fraction of sp³-hybridized carbons (Fsp3) is 0.318. The van der Waals surface area contributed by atoms with E-state index in [-0.39, 0.29) is 24.9 Å². The molecule has 7 nitrogen and oxygen atoms in total. The maximum atomic E-state index is 12.7. The van der Waals surface area contributed by atoms with Gasteiger partial charge in [0.15, 0.2) is 0 Å². The number of piperidine rings is 1. The fourth-order valence-electron chi connectivity index (χ4n) is 3.38. The van der Waals surface area contributed by atoms with E-state index in [1.165, 1.54) is 23.9 Å². The van der Waals surface area contributed by atoms with Gasteiger partial charge in [-0.05, 0) is 30.5 Å². The minimum absolute atomic E-state index is 0.198. The molecular weight excluding hydrogens is 440 g/mol. The predicted molar refractivity (Wildman–Crippen MR) is 122 cm³/mol. The fourth-order valence-corrected chi connectivity index (χ4v) is 4.84. The lowest BCUT2D eigenvalue weighted by Gasteiger charge is -2.29. The van der Waals surface area contributed by atoms with E-state index in [1.807, 2.05) is 30.3 Å². The zero-order valence-electron chi connectivity index (χ0n) is 17.4. The summed E-state index contributed by atoms with van der Waals surface area (Å²) in [6, 6.07) is 12.4. The van der Waals surface area contributed by atoms with E-state index in [0.29, 0.717) is 35.1 Å². The van der Waals surface area contributed by atoms with Crippen LogP contribution in [0.25, 0.3) is 6.08 Å². The highest BCUT2D eigenvalue weighted by atomic mass is 35.5. The first-order chi connectivity index (χ1) is 14.8. The number of nitrogens with one attached hydrogen (secondary N) is 1. The van der Waals surface area contributed by atoms with Crippen LogP contribution in [-0.2, 0) is 14.8 Å².